The second-order valence-electron chi connectivity index (χ2n) is 12.9. The highest BCUT2D eigenvalue weighted by Crippen LogP contribution is 2.39. The minimum absolute atomic E-state index is 0.00623. The molecule has 1 unspecified atom stereocenters. The van der Waals surface area contributed by atoms with Crippen LogP contribution in [-0.2, 0) is 9.53 Å². The predicted octanol–water partition coefficient (Wildman–Crippen LogP) is 6.44. The number of halogens is 2. The first kappa shape index (κ1) is 34.3. The molecule has 1 aromatic carbocycles. The summed E-state index contributed by atoms with van der Waals surface area (Å²) in [7, 11) is 1.57. The Kier molecular flexibility index (Phi) is 9.98. The molecule has 2 N–H and O–H groups in total. The van der Waals surface area contributed by atoms with Crippen molar-refractivity contribution < 1.29 is 23.1 Å². The average molecular weight is 636 g/mol. The van der Waals surface area contributed by atoms with Gasteiger partial charge in [-0.25, -0.2) is 18.6 Å². The lowest BCUT2D eigenvalue weighted by molar-refractivity contribution is -0.106. The zero-order valence-electron chi connectivity index (χ0n) is 27.9. The van der Waals surface area contributed by atoms with Gasteiger partial charge in [0, 0.05) is 44.1 Å². The molecular formula is C34H43F2N7O3. The van der Waals surface area contributed by atoms with Gasteiger partial charge in [-0.2, -0.15) is 0 Å². The Balaban J connectivity index is 1.92. The van der Waals surface area contributed by atoms with Crippen LogP contribution in [0.5, 0.6) is 0 Å². The van der Waals surface area contributed by atoms with Crippen molar-refractivity contribution in [1.82, 2.24) is 19.8 Å². The van der Waals surface area contributed by atoms with E-state index in [4.69, 9.17) is 10.5 Å². The molecule has 0 saturated carbocycles. The molecule has 4 rings (SSSR count). The highest BCUT2D eigenvalue weighted by atomic mass is 19.1. The number of hydrogen-bond donors (Lipinski definition) is 1. The summed E-state index contributed by atoms with van der Waals surface area (Å²) >= 11 is 0. The van der Waals surface area contributed by atoms with Crippen molar-refractivity contribution in [3.05, 3.63) is 65.0 Å². The van der Waals surface area contributed by atoms with Crippen LogP contribution >= 0.6 is 0 Å². The number of amides is 2. The van der Waals surface area contributed by atoms with Crippen LogP contribution in [0.4, 0.5) is 30.8 Å². The SMILES string of the molecule is CN=C(c1cc(F)c(-c2c(N)cccc2F)nc1N(C=O)c1c(C)ccnc1C(C)C)N1C[C@@H](C)N(C(=O)OC(C)(C)C)CC1C. The molecule has 2 atom stereocenters. The van der Waals surface area contributed by atoms with Crippen molar-refractivity contribution in [3.63, 3.8) is 0 Å². The summed E-state index contributed by atoms with van der Waals surface area (Å²) in [6, 6.07) is 6.46. The molecule has 0 radical (unpaired) electrons. The zero-order chi connectivity index (χ0) is 34.1. The van der Waals surface area contributed by atoms with Crippen molar-refractivity contribution in [1.29, 1.82) is 0 Å². The number of anilines is 3. The highest BCUT2D eigenvalue weighted by molar-refractivity contribution is 6.07. The second kappa shape index (κ2) is 13.4. The smallest absolute Gasteiger partial charge is 0.410 e. The van der Waals surface area contributed by atoms with Gasteiger partial charge in [0.25, 0.3) is 0 Å². The number of amidine groups is 1. The summed E-state index contributed by atoms with van der Waals surface area (Å²) in [5.74, 6) is -1.31. The molecule has 2 aromatic heterocycles. The minimum atomic E-state index is -0.845. The third-order valence-corrected chi connectivity index (χ3v) is 7.85. The van der Waals surface area contributed by atoms with Gasteiger partial charge in [0.2, 0.25) is 6.41 Å². The lowest BCUT2D eigenvalue weighted by atomic mass is 10.0. The van der Waals surface area contributed by atoms with Crippen LogP contribution in [0, 0.1) is 18.6 Å². The molecule has 1 fully saturated rings. The van der Waals surface area contributed by atoms with E-state index in [0.29, 0.717) is 36.7 Å². The Morgan fingerprint density at radius 3 is 2.37 bits per heavy atom. The molecule has 3 heterocycles. The number of piperazine rings is 1. The molecule has 1 saturated heterocycles. The van der Waals surface area contributed by atoms with Crippen LogP contribution in [0.3, 0.4) is 0 Å². The van der Waals surface area contributed by atoms with E-state index in [0.717, 1.165) is 5.56 Å². The molecule has 3 aromatic rings. The lowest BCUT2D eigenvalue weighted by Crippen LogP contribution is -2.60. The van der Waals surface area contributed by atoms with Gasteiger partial charge in [-0.1, -0.05) is 19.9 Å². The summed E-state index contributed by atoms with van der Waals surface area (Å²) in [6.45, 7) is 15.6. The average Bonchev–Trinajstić information content (AvgIpc) is 2.96. The zero-order valence-corrected chi connectivity index (χ0v) is 27.9. The van der Waals surface area contributed by atoms with E-state index in [1.165, 1.54) is 29.2 Å². The number of hydrogen-bond acceptors (Lipinski definition) is 7. The molecule has 46 heavy (non-hydrogen) atoms. The quantitative estimate of drug-likeness (QED) is 0.143. The van der Waals surface area contributed by atoms with E-state index in [2.05, 4.69) is 15.0 Å². The maximum atomic E-state index is 16.1. The minimum Gasteiger partial charge on any atom is -0.444 e. The molecular weight excluding hydrogens is 592 g/mol. The van der Waals surface area contributed by atoms with E-state index in [-0.39, 0.29) is 46.3 Å². The molecule has 0 bridgehead atoms. The van der Waals surface area contributed by atoms with Crippen LogP contribution in [0.25, 0.3) is 11.3 Å². The molecule has 12 heteroatoms. The summed E-state index contributed by atoms with van der Waals surface area (Å²) in [4.78, 5) is 44.7. The number of carbonyl (C=O) groups excluding carboxylic acids is 2. The van der Waals surface area contributed by atoms with Crippen LogP contribution < -0.4 is 10.6 Å². The van der Waals surface area contributed by atoms with E-state index >= 15 is 8.78 Å². The van der Waals surface area contributed by atoms with Crippen LogP contribution in [0.2, 0.25) is 0 Å². The fourth-order valence-corrected chi connectivity index (χ4v) is 5.71. The van der Waals surface area contributed by atoms with E-state index in [9.17, 15) is 9.59 Å². The Morgan fingerprint density at radius 1 is 1.13 bits per heavy atom. The maximum absolute atomic E-state index is 16.1. The number of nitrogen functional groups attached to an aromatic ring is 1. The summed E-state index contributed by atoms with van der Waals surface area (Å²) < 4.78 is 36.9. The first-order valence-corrected chi connectivity index (χ1v) is 15.3. The number of pyridine rings is 2. The number of aromatic nitrogens is 2. The first-order valence-electron chi connectivity index (χ1n) is 15.3. The van der Waals surface area contributed by atoms with Crippen molar-refractivity contribution in [2.45, 2.75) is 79.0 Å². The van der Waals surface area contributed by atoms with Gasteiger partial charge in [-0.3, -0.25) is 19.7 Å². The van der Waals surface area contributed by atoms with Crippen LogP contribution in [0.15, 0.2) is 41.5 Å². The molecule has 10 nitrogen and oxygen atoms in total. The number of nitrogens with two attached hydrogens (primary N) is 1. The molecule has 1 aliphatic heterocycles. The third-order valence-electron chi connectivity index (χ3n) is 7.85. The van der Waals surface area contributed by atoms with Gasteiger partial charge in [0.05, 0.1) is 22.5 Å². The Labute approximate surface area is 269 Å². The molecule has 246 valence electrons. The van der Waals surface area contributed by atoms with Crippen molar-refractivity contribution >= 4 is 35.5 Å². The molecule has 1 aliphatic rings. The number of aryl methyl sites for hydroxylation is 1. The van der Waals surface area contributed by atoms with Crippen LogP contribution in [-0.4, -0.2) is 75.9 Å². The van der Waals surface area contributed by atoms with Crippen LogP contribution in [0.1, 0.15) is 71.2 Å². The largest absolute Gasteiger partial charge is 0.444 e. The Hall–Kier alpha value is -4.61. The van der Waals surface area contributed by atoms with Gasteiger partial charge in [-0.15, -0.1) is 0 Å². The fourth-order valence-electron chi connectivity index (χ4n) is 5.71. The van der Waals surface area contributed by atoms with Crippen molar-refractivity contribution in [2.75, 3.05) is 30.8 Å². The number of nitrogens with zero attached hydrogens (tertiary/aromatic N) is 6. The highest BCUT2D eigenvalue weighted by Gasteiger charge is 2.38. The van der Waals surface area contributed by atoms with Gasteiger partial charge in [0.1, 0.15) is 22.9 Å². The Bertz CT molecular complexity index is 1630. The number of aliphatic imine (C=N–C) groups is 1. The molecule has 0 spiro atoms. The number of rotatable bonds is 6. The topological polar surface area (TPSA) is 117 Å². The molecule has 2 amide bonds. The van der Waals surface area contributed by atoms with E-state index < -0.39 is 23.3 Å². The monoisotopic (exact) mass is 635 g/mol. The fraction of sp³-hybridized carbons (Fsp3) is 0.441. The van der Waals surface area contributed by atoms with Gasteiger partial charge >= 0.3 is 6.09 Å². The lowest BCUT2D eigenvalue weighted by Gasteiger charge is -2.45. The first-order chi connectivity index (χ1) is 21.6. The number of ether oxygens (including phenoxy) is 1. The van der Waals surface area contributed by atoms with Crippen molar-refractivity contribution in [2.24, 2.45) is 4.99 Å². The second-order valence-corrected chi connectivity index (χ2v) is 12.9. The predicted molar refractivity (Wildman–Crippen MR) is 176 cm³/mol. The Morgan fingerprint density at radius 2 is 1.78 bits per heavy atom. The summed E-state index contributed by atoms with van der Waals surface area (Å²) in [6.07, 6.45) is 1.82. The van der Waals surface area contributed by atoms with Gasteiger partial charge in [-0.05, 0) is 77.3 Å². The number of benzene rings is 1. The van der Waals surface area contributed by atoms with E-state index in [1.54, 1.807) is 24.2 Å². The standard InChI is InChI=1S/C34H43F2N7O3/c1-19(2)28-30(20(3)13-14-39-28)43(18-44)32-23(15-25(36)29(40-32)27-24(35)11-10-12-26(27)37)31(38-9)41-16-22(5)42(17-21(41)4)33(45)46-34(6,7)8/h10-15,18-19,21-22H,16-17,37H2,1-9H3/t21?,22-/m1/s1. The van der Waals surface area contributed by atoms with Gasteiger partial charge in [0.15, 0.2) is 11.6 Å². The molecule has 0 aliphatic carbocycles. The maximum Gasteiger partial charge on any atom is 0.410 e. The summed E-state index contributed by atoms with van der Waals surface area (Å²) in [5.41, 5.74) is 6.93. The summed E-state index contributed by atoms with van der Waals surface area (Å²) in [5, 5.41) is 0. The normalized spacial score (nSPS) is 17.3. The number of carbonyl (C=O) groups is 2. The van der Waals surface area contributed by atoms with E-state index in [1.807, 2.05) is 60.3 Å². The third kappa shape index (κ3) is 6.80. The van der Waals surface area contributed by atoms with Crippen molar-refractivity contribution in [3.8, 4) is 11.3 Å². The van der Waals surface area contributed by atoms with Gasteiger partial charge < -0.3 is 20.3 Å².